The summed E-state index contributed by atoms with van der Waals surface area (Å²) in [5.74, 6) is 2.01. The standard InChI is InChI=1S/C15H20ClN3S/c1-9(2)12-7-11-13(16)17-15(18-14(11)20-12)19-6-4-5-10(3)8-19/h7,9-10H,4-6,8H2,1-3H3. The summed E-state index contributed by atoms with van der Waals surface area (Å²) < 4.78 is 0. The molecule has 1 aliphatic rings. The zero-order chi connectivity index (χ0) is 14.3. The van der Waals surface area contributed by atoms with Crippen LogP contribution in [0.1, 0.15) is 44.4 Å². The van der Waals surface area contributed by atoms with E-state index in [2.05, 4.69) is 36.7 Å². The maximum Gasteiger partial charge on any atom is 0.228 e. The third kappa shape index (κ3) is 2.63. The first-order valence-corrected chi connectivity index (χ1v) is 8.46. The van der Waals surface area contributed by atoms with Gasteiger partial charge in [0, 0.05) is 23.4 Å². The molecule has 0 aromatic carbocycles. The molecule has 3 heterocycles. The SMILES string of the molecule is CC1CCCN(c2nc(Cl)c3cc(C(C)C)sc3n2)C1. The van der Waals surface area contributed by atoms with Gasteiger partial charge >= 0.3 is 0 Å². The van der Waals surface area contributed by atoms with Gasteiger partial charge in [0.2, 0.25) is 5.95 Å². The second kappa shape index (κ2) is 5.49. The number of thiophene rings is 1. The van der Waals surface area contributed by atoms with Crippen LogP contribution in [0.25, 0.3) is 10.2 Å². The molecule has 3 nitrogen and oxygen atoms in total. The van der Waals surface area contributed by atoms with Crippen molar-refractivity contribution in [1.29, 1.82) is 0 Å². The lowest BCUT2D eigenvalue weighted by Gasteiger charge is -2.30. The number of nitrogens with zero attached hydrogens (tertiary/aromatic N) is 3. The van der Waals surface area contributed by atoms with Crippen LogP contribution >= 0.6 is 22.9 Å². The van der Waals surface area contributed by atoms with E-state index >= 15 is 0 Å². The summed E-state index contributed by atoms with van der Waals surface area (Å²) >= 11 is 8.10. The molecule has 3 rings (SSSR count). The van der Waals surface area contributed by atoms with Gasteiger partial charge in [-0.25, -0.2) is 9.97 Å². The molecule has 1 saturated heterocycles. The first-order chi connectivity index (χ1) is 9.54. The number of halogens is 1. The van der Waals surface area contributed by atoms with E-state index < -0.39 is 0 Å². The second-order valence-corrected chi connectivity index (χ2v) is 7.45. The van der Waals surface area contributed by atoms with Crippen LogP contribution in [0.15, 0.2) is 6.07 Å². The molecule has 0 amide bonds. The normalized spacial score (nSPS) is 20.1. The first kappa shape index (κ1) is 14.1. The largest absolute Gasteiger partial charge is 0.340 e. The van der Waals surface area contributed by atoms with Crippen LogP contribution in [0.3, 0.4) is 0 Å². The van der Waals surface area contributed by atoms with E-state index in [1.165, 1.54) is 17.7 Å². The molecule has 108 valence electrons. The summed E-state index contributed by atoms with van der Waals surface area (Å²) in [5.41, 5.74) is 0. The molecule has 0 radical (unpaired) electrons. The van der Waals surface area contributed by atoms with Crippen molar-refractivity contribution in [2.45, 2.75) is 39.5 Å². The third-order valence-electron chi connectivity index (χ3n) is 3.86. The van der Waals surface area contributed by atoms with Crippen LogP contribution in [-0.4, -0.2) is 23.1 Å². The van der Waals surface area contributed by atoms with Crippen LogP contribution in [0.4, 0.5) is 5.95 Å². The minimum atomic E-state index is 0.503. The maximum atomic E-state index is 6.36. The Kier molecular flexibility index (Phi) is 3.87. The molecule has 1 atom stereocenters. The lowest BCUT2D eigenvalue weighted by molar-refractivity contribution is 0.442. The fraction of sp³-hybridized carbons (Fsp3) is 0.600. The zero-order valence-corrected chi connectivity index (χ0v) is 13.8. The predicted octanol–water partition coefficient (Wildman–Crippen LogP) is 4.70. The molecule has 2 aromatic heterocycles. The van der Waals surface area contributed by atoms with Gasteiger partial charge < -0.3 is 4.90 Å². The predicted molar refractivity (Wildman–Crippen MR) is 87.1 cm³/mol. The van der Waals surface area contributed by atoms with Crippen molar-refractivity contribution in [3.8, 4) is 0 Å². The first-order valence-electron chi connectivity index (χ1n) is 7.26. The molecule has 0 bridgehead atoms. The van der Waals surface area contributed by atoms with Crippen LogP contribution in [0.2, 0.25) is 5.15 Å². The molecular weight excluding hydrogens is 290 g/mol. The van der Waals surface area contributed by atoms with Gasteiger partial charge in [0.1, 0.15) is 9.98 Å². The lowest BCUT2D eigenvalue weighted by Crippen LogP contribution is -2.35. The highest BCUT2D eigenvalue weighted by Crippen LogP contribution is 2.34. The summed E-state index contributed by atoms with van der Waals surface area (Å²) in [7, 11) is 0. The molecule has 0 saturated carbocycles. The Morgan fingerprint density at radius 1 is 1.40 bits per heavy atom. The minimum Gasteiger partial charge on any atom is -0.340 e. The number of hydrogen-bond donors (Lipinski definition) is 0. The molecule has 0 aliphatic carbocycles. The Morgan fingerprint density at radius 3 is 2.90 bits per heavy atom. The van der Waals surface area contributed by atoms with E-state index in [-0.39, 0.29) is 0 Å². The lowest BCUT2D eigenvalue weighted by atomic mass is 10.0. The Hall–Kier alpha value is -0.870. The van der Waals surface area contributed by atoms with Gasteiger partial charge in [-0.15, -0.1) is 11.3 Å². The van der Waals surface area contributed by atoms with E-state index in [0.717, 1.165) is 29.3 Å². The molecule has 0 N–H and O–H groups in total. The number of aromatic nitrogens is 2. The molecule has 0 spiro atoms. The smallest absolute Gasteiger partial charge is 0.228 e. The summed E-state index contributed by atoms with van der Waals surface area (Å²) in [6, 6.07) is 2.13. The van der Waals surface area contributed by atoms with Crippen molar-refractivity contribution >= 4 is 39.1 Å². The fourth-order valence-corrected chi connectivity index (χ4v) is 4.00. The van der Waals surface area contributed by atoms with Crippen LogP contribution in [0, 0.1) is 5.92 Å². The molecule has 2 aromatic rings. The summed E-state index contributed by atoms with van der Waals surface area (Å²) in [6.45, 7) is 8.74. The molecule has 5 heteroatoms. The van der Waals surface area contributed by atoms with Crippen molar-refractivity contribution in [2.24, 2.45) is 5.92 Å². The van der Waals surface area contributed by atoms with Crippen LogP contribution in [-0.2, 0) is 0 Å². The monoisotopic (exact) mass is 309 g/mol. The van der Waals surface area contributed by atoms with Gasteiger partial charge in [0.25, 0.3) is 0 Å². The summed E-state index contributed by atoms with van der Waals surface area (Å²) in [5, 5.41) is 1.58. The minimum absolute atomic E-state index is 0.503. The third-order valence-corrected chi connectivity index (χ3v) is 5.48. The zero-order valence-electron chi connectivity index (χ0n) is 12.2. The fourth-order valence-electron chi connectivity index (χ4n) is 2.69. The van der Waals surface area contributed by atoms with Crippen molar-refractivity contribution in [3.05, 3.63) is 16.1 Å². The van der Waals surface area contributed by atoms with Gasteiger partial charge in [0.15, 0.2) is 0 Å². The number of piperidine rings is 1. The van der Waals surface area contributed by atoms with Crippen LogP contribution < -0.4 is 4.90 Å². The number of rotatable bonds is 2. The van der Waals surface area contributed by atoms with Gasteiger partial charge in [-0.1, -0.05) is 32.4 Å². The van der Waals surface area contributed by atoms with E-state index in [1.54, 1.807) is 11.3 Å². The van der Waals surface area contributed by atoms with E-state index in [9.17, 15) is 0 Å². The van der Waals surface area contributed by atoms with Gasteiger partial charge in [0.05, 0.1) is 0 Å². The Labute approximate surface area is 129 Å². The molecule has 1 unspecified atom stereocenters. The Balaban J connectivity index is 2.00. The Bertz CT molecular complexity index is 623. The summed E-state index contributed by atoms with van der Waals surface area (Å²) in [4.78, 5) is 13.9. The van der Waals surface area contributed by atoms with Gasteiger partial charge in [-0.05, 0) is 30.7 Å². The van der Waals surface area contributed by atoms with E-state index in [1.807, 2.05) is 0 Å². The van der Waals surface area contributed by atoms with Crippen molar-refractivity contribution < 1.29 is 0 Å². The molecule has 20 heavy (non-hydrogen) atoms. The number of fused-ring (bicyclic) bond motifs is 1. The Morgan fingerprint density at radius 2 is 2.20 bits per heavy atom. The summed E-state index contributed by atoms with van der Waals surface area (Å²) in [6.07, 6.45) is 2.50. The topological polar surface area (TPSA) is 29.0 Å². The number of anilines is 1. The average molecular weight is 310 g/mol. The highest BCUT2D eigenvalue weighted by Gasteiger charge is 2.20. The van der Waals surface area contributed by atoms with Crippen molar-refractivity contribution in [2.75, 3.05) is 18.0 Å². The maximum absolute atomic E-state index is 6.36. The van der Waals surface area contributed by atoms with Crippen molar-refractivity contribution in [3.63, 3.8) is 0 Å². The van der Waals surface area contributed by atoms with E-state index in [0.29, 0.717) is 17.0 Å². The van der Waals surface area contributed by atoms with Gasteiger partial charge in [-0.2, -0.15) is 0 Å². The molecular formula is C15H20ClN3S. The quantitative estimate of drug-likeness (QED) is 0.753. The van der Waals surface area contributed by atoms with E-state index in [4.69, 9.17) is 16.6 Å². The number of hydrogen-bond acceptors (Lipinski definition) is 4. The molecule has 1 fully saturated rings. The molecule has 1 aliphatic heterocycles. The highest BCUT2D eigenvalue weighted by molar-refractivity contribution is 7.18. The highest BCUT2D eigenvalue weighted by atomic mass is 35.5. The van der Waals surface area contributed by atoms with Gasteiger partial charge in [-0.3, -0.25) is 0 Å². The van der Waals surface area contributed by atoms with Crippen LogP contribution in [0.5, 0.6) is 0 Å². The average Bonchev–Trinajstić information content (AvgIpc) is 2.83. The second-order valence-electron chi connectivity index (χ2n) is 6.03. The van der Waals surface area contributed by atoms with Crippen molar-refractivity contribution in [1.82, 2.24) is 9.97 Å².